The van der Waals surface area contributed by atoms with E-state index in [1.807, 2.05) is 19.9 Å². The third-order valence-corrected chi connectivity index (χ3v) is 2.09. The molecule has 16 heavy (non-hydrogen) atoms. The Labute approximate surface area is 101 Å². The Morgan fingerprint density at radius 2 is 2.12 bits per heavy atom. The van der Waals surface area contributed by atoms with Crippen molar-refractivity contribution in [1.82, 2.24) is 0 Å². The molecule has 1 aromatic rings. The Balaban J connectivity index is 2.53. The maximum atomic E-state index is 8.85. The molecule has 0 saturated carbocycles. The molecule has 3 nitrogen and oxygen atoms in total. The largest absolute Gasteiger partial charge is 0.490 e. The molecule has 1 rings (SSSR count). The normalized spacial score (nSPS) is 10.2. The van der Waals surface area contributed by atoms with Crippen molar-refractivity contribution in [2.45, 2.75) is 20.0 Å². The Kier molecular flexibility index (Phi) is 5.10. The molecule has 0 amide bonds. The monoisotopic (exact) mass is 239 g/mol. The molecule has 0 N–H and O–H groups in total. The van der Waals surface area contributed by atoms with Gasteiger partial charge in [0.25, 0.3) is 0 Å². The highest BCUT2D eigenvalue weighted by Gasteiger charge is 2.04. The molecule has 0 aliphatic heterocycles. The summed E-state index contributed by atoms with van der Waals surface area (Å²) in [5, 5.41) is 9.40. The zero-order chi connectivity index (χ0) is 12.0. The van der Waals surface area contributed by atoms with Gasteiger partial charge < -0.3 is 9.47 Å². The van der Waals surface area contributed by atoms with Crippen LogP contribution in [0.5, 0.6) is 5.75 Å². The maximum Gasteiger partial charge on any atom is 0.138 e. The number of nitrogens with zero attached hydrogens (tertiary/aromatic N) is 1. The second kappa shape index (κ2) is 6.37. The quantitative estimate of drug-likeness (QED) is 0.742. The SMILES string of the molecule is CC(C)OCCOc1cc(Cl)ccc1C#N. The van der Waals surface area contributed by atoms with Crippen molar-refractivity contribution in [2.75, 3.05) is 13.2 Å². The maximum absolute atomic E-state index is 8.85. The van der Waals surface area contributed by atoms with Crippen LogP contribution in [-0.2, 0) is 4.74 Å². The fourth-order valence-electron chi connectivity index (χ4n) is 1.14. The molecule has 0 aliphatic rings. The molecular weight excluding hydrogens is 226 g/mol. The van der Waals surface area contributed by atoms with E-state index in [2.05, 4.69) is 0 Å². The summed E-state index contributed by atoms with van der Waals surface area (Å²) in [5.41, 5.74) is 0.481. The fourth-order valence-corrected chi connectivity index (χ4v) is 1.31. The van der Waals surface area contributed by atoms with Crippen LogP contribution in [-0.4, -0.2) is 19.3 Å². The molecule has 0 bridgehead atoms. The van der Waals surface area contributed by atoms with Crippen molar-refractivity contribution in [2.24, 2.45) is 0 Å². The lowest BCUT2D eigenvalue weighted by atomic mass is 10.2. The highest BCUT2D eigenvalue weighted by atomic mass is 35.5. The van der Waals surface area contributed by atoms with Crippen LogP contribution in [0.15, 0.2) is 18.2 Å². The summed E-state index contributed by atoms with van der Waals surface area (Å²) in [6.45, 7) is 4.82. The van der Waals surface area contributed by atoms with E-state index in [0.29, 0.717) is 29.5 Å². The summed E-state index contributed by atoms with van der Waals surface area (Å²) in [6, 6.07) is 6.99. The summed E-state index contributed by atoms with van der Waals surface area (Å²) in [4.78, 5) is 0. The first kappa shape index (κ1) is 12.8. The third-order valence-electron chi connectivity index (χ3n) is 1.86. The Morgan fingerprint density at radius 1 is 1.38 bits per heavy atom. The van der Waals surface area contributed by atoms with E-state index < -0.39 is 0 Å². The molecule has 1 aromatic carbocycles. The highest BCUT2D eigenvalue weighted by molar-refractivity contribution is 6.30. The summed E-state index contributed by atoms with van der Waals surface area (Å²) in [6.07, 6.45) is 0.179. The molecule has 0 atom stereocenters. The first-order chi connectivity index (χ1) is 7.63. The van der Waals surface area contributed by atoms with Crippen molar-refractivity contribution in [3.8, 4) is 11.8 Å². The van der Waals surface area contributed by atoms with E-state index in [0.717, 1.165) is 0 Å². The van der Waals surface area contributed by atoms with Crippen LogP contribution in [0.1, 0.15) is 19.4 Å². The number of ether oxygens (including phenoxy) is 2. The van der Waals surface area contributed by atoms with Gasteiger partial charge in [-0.2, -0.15) is 5.26 Å². The second-order valence-corrected chi connectivity index (χ2v) is 3.96. The van der Waals surface area contributed by atoms with Gasteiger partial charge in [0.05, 0.1) is 18.3 Å². The van der Waals surface area contributed by atoms with Crippen LogP contribution in [0.25, 0.3) is 0 Å². The number of benzene rings is 1. The second-order valence-electron chi connectivity index (χ2n) is 3.52. The van der Waals surface area contributed by atoms with Crippen LogP contribution in [0.3, 0.4) is 0 Å². The first-order valence-electron chi connectivity index (χ1n) is 5.07. The molecular formula is C12H14ClNO2. The predicted molar refractivity (Wildman–Crippen MR) is 62.8 cm³/mol. The van der Waals surface area contributed by atoms with E-state index in [1.54, 1.807) is 18.2 Å². The number of hydrogen-bond donors (Lipinski definition) is 0. The summed E-state index contributed by atoms with van der Waals surface area (Å²) < 4.78 is 10.8. The zero-order valence-corrected chi connectivity index (χ0v) is 10.1. The first-order valence-corrected chi connectivity index (χ1v) is 5.45. The number of hydrogen-bond acceptors (Lipinski definition) is 3. The van der Waals surface area contributed by atoms with Gasteiger partial charge in [0.1, 0.15) is 18.4 Å². The minimum Gasteiger partial charge on any atom is -0.490 e. The van der Waals surface area contributed by atoms with Gasteiger partial charge in [-0.25, -0.2) is 0 Å². The number of nitriles is 1. The van der Waals surface area contributed by atoms with Gasteiger partial charge in [-0.3, -0.25) is 0 Å². The van der Waals surface area contributed by atoms with E-state index in [4.69, 9.17) is 26.3 Å². The Morgan fingerprint density at radius 3 is 2.75 bits per heavy atom. The van der Waals surface area contributed by atoms with Crippen LogP contribution >= 0.6 is 11.6 Å². The van der Waals surface area contributed by atoms with E-state index >= 15 is 0 Å². The summed E-state index contributed by atoms with van der Waals surface area (Å²) in [5.74, 6) is 0.502. The minimum atomic E-state index is 0.179. The van der Waals surface area contributed by atoms with Crippen molar-refractivity contribution >= 4 is 11.6 Å². The van der Waals surface area contributed by atoms with Gasteiger partial charge in [-0.05, 0) is 26.0 Å². The van der Waals surface area contributed by atoms with Crippen molar-refractivity contribution < 1.29 is 9.47 Å². The third kappa shape index (κ3) is 4.09. The standard InChI is InChI=1S/C12H14ClNO2/c1-9(2)15-5-6-16-12-7-11(13)4-3-10(12)8-14/h3-4,7,9H,5-6H2,1-2H3. The van der Waals surface area contributed by atoms with Crippen molar-refractivity contribution in [1.29, 1.82) is 5.26 Å². The molecule has 0 aromatic heterocycles. The smallest absolute Gasteiger partial charge is 0.138 e. The van der Waals surface area contributed by atoms with Gasteiger partial charge >= 0.3 is 0 Å². The highest BCUT2D eigenvalue weighted by Crippen LogP contribution is 2.22. The molecule has 0 fully saturated rings. The zero-order valence-electron chi connectivity index (χ0n) is 9.37. The predicted octanol–water partition coefficient (Wildman–Crippen LogP) is 3.02. The van der Waals surface area contributed by atoms with Gasteiger partial charge in [0, 0.05) is 11.1 Å². The lowest BCUT2D eigenvalue weighted by Gasteiger charge is -2.10. The summed E-state index contributed by atoms with van der Waals surface area (Å²) in [7, 11) is 0. The van der Waals surface area contributed by atoms with E-state index in [1.165, 1.54) is 0 Å². The van der Waals surface area contributed by atoms with Crippen LogP contribution in [0, 0.1) is 11.3 Å². The van der Waals surface area contributed by atoms with E-state index in [-0.39, 0.29) is 6.10 Å². The van der Waals surface area contributed by atoms with Crippen LogP contribution in [0.2, 0.25) is 5.02 Å². The van der Waals surface area contributed by atoms with Gasteiger partial charge in [-0.15, -0.1) is 0 Å². The van der Waals surface area contributed by atoms with Gasteiger partial charge in [0.15, 0.2) is 0 Å². The van der Waals surface area contributed by atoms with Crippen LogP contribution in [0.4, 0.5) is 0 Å². The number of rotatable bonds is 5. The topological polar surface area (TPSA) is 42.2 Å². The lowest BCUT2D eigenvalue weighted by Crippen LogP contribution is -2.11. The van der Waals surface area contributed by atoms with E-state index in [9.17, 15) is 0 Å². The number of halogens is 1. The average molecular weight is 240 g/mol. The molecule has 4 heteroatoms. The molecule has 86 valence electrons. The fraction of sp³-hybridized carbons (Fsp3) is 0.417. The Bertz CT molecular complexity index is 385. The minimum absolute atomic E-state index is 0.179. The van der Waals surface area contributed by atoms with Crippen molar-refractivity contribution in [3.63, 3.8) is 0 Å². The van der Waals surface area contributed by atoms with Gasteiger partial charge in [0.2, 0.25) is 0 Å². The molecule has 0 saturated heterocycles. The van der Waals surface area contributed by atoms with Crippen LogP contribution < -0.4 is 4.74 Å². The molecule has 0 unspecified atom stereocenters. The lowest BCUT2D eigenvalue weighted by molar-refractivity contribution is 0.0552. The molecule has 0 spiro atoms. The molecule has 0 aliphatic carbocycles. The molecule has 0 heterocycles. The Hall–Kier alpha value is -1.24. The van der Waals surface area contributed by atoms with Gasteiger partial charge in [-0.1, -0.05) is 11.6 Å². The summed E-state index contributed by atoms with van der Waals surface area (Å²) >= 11 is 5.82. The average Bonchev–Trinajstić information content (AvgIpc) is 2.24. The molecule has 0 radical (unpaired) electrons. The van der Waals surface area contributed by atoms with Crippen molar-refractivity contribution in [3.05, 3.63) is 28.8 Å².